The number of nitrogens with one attached hydrogen (secondary N) is 2. The third-order valence-corrected chi connectivity index (χ3v) is 10.2. The Morgan fingerprint density at radius 1 is 1.09 bits per heavy atom. The van der Waals surface area contributed by atoms with Gasteiger partial charge in [0.1, 0.15) is 23.9 Å². The number of anilines is 2. The minimum Gasteiger partial charge on any atom is -0.396 e. The normalized spacial score (nSPS) is 18.2. The predicted molar refractivity (Wildman–Crippen MR) is 180 cm³/mol. The zero-order valence-electron chi connectivity index (χ0n) is 27.2. The van der Waals surface area contributed by atoms with E-state index in [1.807, 2.05) is 0 Å². The van der Waals surface area contributed by atoms with Crippen LogP contribution in [-0.4, -0.2) is 45.1 Å². The highest BCUT2D eigenvalue weighted by molar-refractivity contribution is 7.92. The van der Waals surface area contributed by atoms with Gasteiger partial charge in [-0.2, -0.15) is 32.1 Å². The monoisotopic (exact) mass is 804 g/mol. The first kappa shape index (κ1) is 36.7. The highest BCUT2D eigenvalue weighted by atomic mass is 35.5. The van der Waals surface area contributed by atoms with Gasteiger partial charge in [-0.3, -0.25) is 18.9 Å². The van der Waals surface area contributed by atoms with E-state index in [-0.39, 0.29) is 61.4 Å². The molecular formula is C32H25Cl2F7N8O3S. The Labute approximate surface area is 305 Å². The second-order valence-corrected chi connectivity index (χ2v) is 15.4. The molecule has 1 fully saturated rings. The average molecular weight is 806 g/mol. The summed E-state index contributed by atoms with van der Waals surface area (Å²) in [5, 5.41) is 10.2. The molecule has 280 valence electrons. The molecule has 53 heavy (non-hydrogen) atoms. The third kappa shape index (κ3) is 6.62. The number of aryl methyl sites for hydroxylation is 1. The smallest absolute Gasteiger partial charge is 0.396 e. The van der Waals surface area contributed by atoms with Crippen molar-refractivity contribution >= 4 is 61.5 Å². The van der Waals surface area contributed by atoms with E-state index < -0.39 is 87.5 Å². The van der Waals surface area contributed by atoms with Gasteiger partial charge in [0.2, 0.25) is 15.9 Å². The Bertz CT molecular complexity index is 2450. The summed E-state index contributed by atoms with van der Waals surface area (Å²) in [6.07, 6.45) is -4.73. The molecular weight excluding hydrogens is 780 g/mol. The largest absolute Gasteiger partial charge is 0.435 e. The lowest BCUT2D eigenvalue weighted by Crippen LogP contribution is -2.35. The molecule has 1 saturated carbocycles. The maximum absolute atomic E-state index is 15.3. The zero-order valence-corrected chi connectivity index (χ0v) is 29.5. The second-order valence-electron chi connectivity index (χ2n) is 12.9. The first-order valence-corrected chi connectivity index (χ1v) is 18.2. The predicted octanol–water partition coefficient (Wildman–Crippen LogP) is 6.70. The summed E-state index contributed by atoms with van der Waals surface area (Å²) in [7, 11) is -2.36. The first-order chi connectivity index (χ1) is 24.6. The van der Waals surface area contributed by atoms with E-state index in [1.54, 1.807) is 0 Å². The number of hydrogen-bond acceptors (Lipinski definition) is 7. The fourth-order valence-electron chi connectivity index (χ4n) is 6.99. The molecule has 5 aromatic rings. The van der Waals surface area contributed by atoms with Crippen molar-refractivity contribution in [1.29, 1.82) is 0 Å². The SMILES string of the molecule is Cn1nc(NS(C)(=O)=O)c2c(Cl)ccc(-c3cc(N)c(Cl)nc3[C@H](Cc3cc(F)cc(F)c3)NC(=O)Cn3nc(C(F)(F)F)c4c3C(F)(F)[C@@H]3C[C@H]43)c21. The lowest BCUT2D eigenvalue weighted by atomic mass is 9.94. The van der Waals surface area contributed by atoms with Crippen LogP contribution in [0, 0.1) is 17.6 Å². The molecule has 0 spiro atoms. The van der Waals surface area contributed by atoms with Gasteiger partial charge in [0.15, 0.2) is 16.7 Å². The fourth-order valence-corrected chi connectivity index (χ4v) is 7.87. The Balaban J connectivity index is 1.35. The van der Waals surface area contributed by atoms with Gasteiger partial charge in [0, 0.05) is 35.7 Å². The molecule has 0 bridgehead atoms. The first-order valence-electron chi connectivity index (χ1n) is 15.5. The molecule has 7 rings (SSSR count). The van der Waals surface area contributed by atoms with Crippen molar-refractivity contribution in [3.63, 3.8) is 0 Å². The van der Waals surface area contributed by atoms with Gasteiger partial charge >= 0.3 is 6.18 Å². The quantitative estimate of drug-likeness (QED) is 0.111. The Morgan fingerprint density at radius 3 is 2.42 bits per heavy atom. The molecule has 2 aliphatic rings. The summed E-state index contributed by atoms with van der Waals surface area (Å²) in [5.74, 6) is -9.26. The lowest BCUT2D eigenvalue weighted by molar-refractivity contribution is -0.142. The van der Waals surface area contributed by atoms with E-state index in [2.05, 4.69) is 25.2 Å². The van der Waals surface area contributed by atoms with Crippen molar-refractivity contribution < 1.29 is 43.9 Å². The van der Waals surface area contributed by atoms with E-state index in [4.69, 9.17) is 28.9 Å². The number of halogens is 9. The molecule has 4 N–H and O–H groups in total. The molecule has 1 amide bonds. The Kier molecular flexibility index (Phi) is 8.65. The highest BCUT2D eigenvalue weighted by Gasteiger charge is 2.68. The summed E-state index contributed by atoms with van der Waals surface area (Å²) >= 11 is 12.9. The molecule has 2 aromatic carbocycles. The molecule has 2 aliphatic carbocycles. The summed E-state index contributed by atoms with van der Waals surface area (Å²) in [5.41, 5.74) is 3.47. The van der Waals surface area contributed by atoms with Crippen molar-refractivity contribution in [2.45, 2.75) is 43.4 Å². The van der Waals surface area contributed by atoms with E-state index in [0.717, 1.165) is 18.4 Å². The number of fused-ring (bicyclic) bond motifs is 4. The van der Waals surface area contributed by atoms with Crippen molar-refractivity contribution in [2.24, 2.45) is 13.0 Å². The van der Waals surface area contributed by atoms with Crippen LogP contribution in [0.4, 0.5) is 42.2 Å². The van der Waals surface area contributed by atoms with Crippen LogP contribution in [0.25, 0.3) is 22.0 Å². The maximum atomic E-state index is 15.3. The van der Waals surface area contributed by atoms with Crippen molar-refractivity contribution in [1.82, 2.24) is 29.9 Å². The molecule has 3 heterocycles. The summed E-state index contributed by atoms with van der Waals surface area (Å²) in [6, 6.07) is 5.42. The van der Waals surface area contributed by atoms with E-state index in [0.29, 0.717) is 10.7 Å². The summed E-state index contributed by atoms with van der Waals surface area (Å²) in [4.78, 5) is 18.1. The standard InChI is InChI=1S/C32H25Cl2F7N8O3S/c1-48-26-15(3-4-19(33)24(26)30(46-48)47-53(2,51)52)16-10-20(42)29(34)44-25(16)21(7-12-5-13(35)8-14(36)6-12)43-22(50)11-49-28-23(27(45-49)32(39,40)41)17-9-18(17)31(28,37)38/h3-6,8,10,17-18,21H,7,9,11,42H2,1-2H3,(H,43,50)(H,46,47)/t17-,18+,21-/m0/s1. The van der Waals surface area contributed by atoms with E-state index >= 15 is 8.78 Å². The van der Waals surface area contributed by atoms with Crippen LogP contribution < -0.4 is 15.8 Å². The van der Waals surface area contributed by atoms with Gasteiger partial charge in [0.25, 0.3) is 5.92 Å². The lowest BCUT2D eigenvalue weighted by Gasteiger charge is -2.23. The number of hydrogen-bond donors (Lipinski definition) is 3. The molecule has 3 atom stereocenters. The topological polar surface area (TPSA) is 150 Å². The van der Waals surface area contributed by atoms with Gasteiger partial charge in [-0.1, -0.05) is 29.3 Å². The van der Waals surface area contributed by atoms with Crippen LogP contribution in [0.1, 0.15) is 46.6 Å². The van der Waals surface area contributed by atoms with Crippen molar-refractivity contribution in [3.8, 4) is 11.1 Å². The number of pyridine rings is 1. The Hall–Kier alpha value is -4.62. The number of amides is 1. The molecule has 0 aliphatic heterocycles. The van der Waals surface area contributed by atoms with Crippen LogP contribution in [0.15, 0.2) is 36.4 Å². The van der Waals surface area contributed by atoms with Crippen LogP contribution in [0.2, 0.25) is 10.2 Å². The number of aromatic nitrogens is 5. The number of rotatable bonds is 9. The van der Waals surface area contributed by atoms with Crippen LogP contribution in [0.5, 0.6) is 0 Å². The minimum atomic E-state index is -5.07. The molecule has 0 saturated heterocycles. The number of sulfonamides is 1. The van der Waals surface area contributed by atoms with Crippen LogP contribution >= 0.6 is 23.2 Å². The van der Waals surface area contributed by atoms with Gasteiger partial charge in [-0.25, -0.2) is 22.2 Å². The molecule has 0 radical (unpaired) electrons. The van der Waals surface area contributed by atoms with Gasteiger partial charge < -0.3 is 11.1 Å². The van der Waals surface area contributed by atoms with Crippen molar-refractivity contribution in [2.75, 3.05) is 16.7 Å². The third-order valence-electron chi connectivity index (χ3n) is 9.06. The number of nitrogen functional groups attached to an aromatic ring is 1. The van der Waals surface area contributed by atoms with Crippen molar-refractivity contribution in [3.05, 3.63) is 86.4 Å². The number of nitrogens with two attached hydrogens (primary N) is 1. The van der Waals surface area contributed by atoms with Gasteiger partial charge in [-0.05, 0) is 48.6 Å². The summed E-state index contributed by atoms with van der Waals surface area (Å²) < 4.78 is 129. The molecule has 3 aromatic heterocycles. The van der Waals surface area contributed by atoms with Crippen LogP contribution in [-0.2, 0) is 46.9 Å². The highest BCUT2D eigenvalue weighted by Crippen LogP contribution is 2.68. The number of nitrogens with zero attached hydrogens (tertiary/aromatic N) is 5. The van der Waals surface area contributed by atoms with Crippen LogP contribution in [0.3, 0.4) is 0 Å². The van der Waals surface area contributed by atoms with E-state index in [9.17, 15) is 35.2 Å². The fraction of sp³-hybridized carbons (Fsp3) is 0.312. The summed E-state index contributed by atoms with van der Waals surface area (Å²) in [6.45, 7) is -1.09. The number of carbonyl (C=O) groups is 1. The van der Waals surface area contributed by atoms with Gasteiger partial charge in [0.05, 0.1) is 39.6 Å². The Morgan fingerprint density at radius 2 is 1.77 bits per heavy atom. The number of benzene rings is 2. The zero-order chi connectivity index (χ0) is 38.5. The average Bonchev–Trinajstić information content (AvgIpc) is 3.56. The molecule has 11 nitrogen and oxygen atoms in total. The molecule has 21 heteroatoms. The number of alkyl halides is 5. The number of carbonyl (C=O) groups excluding carboxylic acids is 1. The molecule has 0 unspecified atom stereocenters. The van der Waals surface area contributed by atoms with E-state index in [1.165, 1.54) is 29.9 Å². The second kappa shape index (κ2) is 12.5. The maximum Gasteiger partial charge on any atom is 0.435 e. The van der Waals surface area contributed by atoms with Gasteiger partial charge in [-0.15, -0.1) is 0 Å². The minimum absolute atomic E-state index is 0.0131.